The topological polar surface area (TPSA) is 73.3 Å². The van der Waals surface area contributed by atoms with Gasteiger partial charge in [-0.3, -0.25) is 0 Å². The van der Waals surface area contributed by atoms with Gasteiger partial charge in [0, 0.05) is 31.1 Å². The van der Waals surface area contributed by atoms with E-state index < -0.39 is 0 Å². The van der Waals surface area contributed by atoms with Crippen LogP contribution in [0.2, 0.25) is 0 Å². The summed E-state index contributed by atoms with van der Waals surface area (Å²) in [6.45, 7) is 6.47. The Balaban J connectivity index is 2.68. The Morgan fingerprint density at radius 1 is 1.42 bits per heavy atom. The van der Waals surface area contributed by atoms with Crippen LogP contribution in [0.25, 0.3) is 0 Å². The van der Waals surface area contributed by atoms with Crippen LogP contribution in [0.15, 0.2) is 22.7 Å². The molecule has 1 aromatic rings. The molecule has 1 rings (SSSR count). The van der Waals surface area contributed by atoms with Gasteiger partial charge >= 0.3 is 0 Å². The number of methoxy groups -OCH3 is 1. The van der Waals surface area contributed by atoms with Gasteiger partial charge in [-0.05, 0) is 33.6 Å². The average molecular weight is 330 g/mol. The van der Waals surface area contributed by atoms with Gasteiger partial charge in [-0.2, -0.15) is 0 Å². The van der Waals surface area contributed by atoms with Crippen molar-refractivity contribution in [3.63, 3.8) is 0 Å². The Morgan fingerprint density at radius 2 is 2.11 bits per heavy atom. The molecule has 0 aromatic heterocycles. The molecule has 1 aromatic carbocycles. The highest BCUT2D eigenvalue weighted by molar-refractivity contribution is 9.10. The SMILES string of the molecule is COc1ccc(C(C)(C)CNCC(N)CN)cc1Br. The maximum absolute atomic E-state index is 5.79. The number of ether oxygens (including phenoxy) is 1. The third-order valence-corrected chi connectivity index (χ3v) is 3.83. The van der Waals surface area contributed by atoms with Crippen LogP contribution in [0.4, 0.5) is 0 Å². The predicted molar refractivity (Wildman–Crippen MR) is 83.6 cm³/mol. The molecular weight excluding hydrogens is 306 g/mol. The molecule has 0 bridgehead atoms. The summed E-state index contributed by atoms with van der Waals surface area (Å²) in [6, 6.07) is 6.18. The first-order valence-corrected chi connectivity index (χ1v) is 7.20. The van der Waals surface area contributed by atoms with Crippen molar-refractivity contribution < 1.29 is 4.74 Å². The molecule has 5 heteroatoms. The number of nitrogens with one attached hydrogen (secondary N) is 1. The van der Waals surface area contributed by atoms with Gasteiger partial charge in [0.25, 0.3) is 0 Å². The summed E-state index contributed by atoms with van der Waals surface area (Å²) in [4.78, 5) is 0. The van der Waals surface area contributed by atoms with Gasteiger partial charge in [-0.15, -0.1) is 0 Å². The van der Waals surface area contributed by atoms with Gasteiger partial charge in [0.05, 0.1) is 11.6 Å². The number of benzene rings is 1. The van der Waals surface area contributed by atoms with E-state index in [4.69, 9.17) is 16.2 Å². The van der Waals surface area contributed by atoms with Crippen LogP contribution in [0.1, 0.15) is 19.4 Å². The largest absolute Gasteiger partial charge is 0.496 e. The first-order valence-electron chi connectivity index (χ1n) is 6.41. The average Bonchev–Trinajstić information content (AvgIpc) is 2.38. The second kappa shape index (κ2) is 7.24. The molecule has 0 fully saturated rings. The minimum absolute atomic E-state index is 0.0124. The van der Waals surface area contributed by atoms with Crippen LogP contribution in [0.5, 0.6) is 5.75 Å². The Bertz CT molecular complexity index is 410. The summed E-state index contributed by atoms with van der Waals surface area (Å²) in [5.41, 5.74) is 12.6. The van der Waals surface area contributed by atoms with Crippen molar-refractivity contribution in [3.05, 3.63) is 28.2 Å². The minimum Gasteiger partial charge on any atom is -0.496 e. The maximum Gasteiger partial charge on any atom is 0.133 e. The van der Waals surface area contributed by atoms with Gasteiger partial charge in [0.1, 0.15) is 5.75 Å². The molecule has 0 aliphatic heterocycles. The summed E-state index contributed by atoms with van der Waals surface area (Å²) in [5.74, 6) is 0.845. The first kappa shape index (κ1) is 16.4. The van der Waals surface area contributed by atoms with Crippen LogP contribution < -0.4 is 21.5 Å². The Labute approximate surface area is 124 Å². The first-order chi connectivity index (χ1) is 8.90. The number of rotatable bonds is 7. The Kier molecular flexibility index (Phi) is 6.26. The predicted octanol–water partition coefficient (Wildman–Crippen LogP) is 1.61. The zero-order chi connectivity index (χ0) is 14.5. The molecule has 4 nitrogen and oxygen atoms in total. The van der Waals surface area contributed by atoms with Crippen molar-refractivity contribution in [1.82, 2.24) is 5.32 Å². The maximum atomic E-state index is 5.79. The smallest absolute Gasteiger partial charge is 0.133 e. The quantitative estimate of drug-likeness (QED) is 0.710. The lowest BCUT2D eigenvalue weighted by Crippen LogP contribution is -2.43. The van der Waals surface area contributed by atoms with E-state index >= 15 is 0 Å². The van der Waals surface area contributed by atoms with E-state index in [1.165, 1.54) is 5.56 Å². The third kappa shape index (κ3) is 4.76. The lowest BCUT2D eigenvalue weighted by molar-refractivity contribution is 0.410. The fourth-order valence-corrected chi connectivity index (χ4v) is 2.38. The summed E-state index contributed by atoms with van der Waals surface area (Å²) < 4.78 is 6.22. The molecule has 19 heavy (non-hydrogen) atoms. The summed E-state index contributed by atoms with van der Waals surface area (Å²) in [6.07, 6.45) is 0. The van der Waals surface area contributed by atoms with Gasteiger partial charge in [-0.1, -0.05) is 19.9 Å². The molecule has 1 unspecified atom stereocenters. The zero-order valence-electron chi connectivity index (χ0n) is 11.9. The Morgan fingerprint density at radius 3 is 2.63 bits per heavy atom. The lowest BCUT2D eigenvalue weighted by Gasteiger charge is -2.27. The number of nitrogens with two attached hydrogens (primary N) is 2. The molecule has 0 radical (unpaired) electrons. The van der Waals surface area contributed by atoms with Gasteiger partial charge < -0.3 is 21.5 Å². The van der Waals surface area contributed by atoms with E-state index in [0.717, 1.165) is 23.3 Å². The normalized spacial score (nSPS) is 13.4. The van der Waals surface area contributed by atoms with Crippen molar-refractivity contribution in [2.24, 2.45) is 11.5 Å². The van der Waals surface area contributed by atoms with Crippen LogP contribution in [0, 0.1) is 0 Å². The summed E-state index contributed by atoms with van der Waals surface area (Å²) in [7, 11) is 1.67. The van der Waals surface area contributed by atoms with E-state index in [1.54, 1.807) is 7.11 Å². The molecule has 0 amide bonds. The minimum atomic E-state index is 0.0124. The van der Waals surface area contributed by atoms with Crippen LogP contribution in [0.3, 0.4) is 0 Å². The highest BCUT2D eigenvalue weighted by Crippen LogP contribution is 2.31. The number of hydrogen-bond acceptors (Lipinski definition) is 4. The molecule has 5 N–H and O–H groups in total. The van der Waals surface area contributed by atoms with Crippen molar-refractivity contribution in [3.8, 4) is 5.75 Å². The van der Waals surface area contributed by atoms with Gasteiger partial charge in [0.2, 0.25) is 0 Å². The second-order valence-corrected chi connectivity index (χ2v) is 6.21. The van der Waals surface area contributed by atoms with Crippen molar-refractivity contribution in [1.29, 1.82) is 0 Å². The van der Waals surface area contributed by atoms with Crippen molar-refractivity contribution >= 4 is 15.9 Å². The van der Waals surface area contributed by atoms with Crippen LogP contribution >= 0.6 is 15.9 Å². The van der Waals surface area contributed by atoms with Crippen molar-refractivity contribution in [2.45, 2.75) is 25.3 Å². The fourth-order valence-electron chi connectivity index (χ4n) is 1.84. The molecule has 1 atom stereocenters. The standard InChI is InChI=1S/C14H24BrN3O/c1-14(2,9-18-8-11(17)7-16)10-4-5-13(19-3)12(15)6-10/h4-6,11,18H,7-9,16-17H2,1-3H3. The molecule has 0 heterocycles. The molecule has 108 valence electrons. The molecule has 0 saturated carbocycles. The fraction of sp³-hybridized carbons (Fsp3) is 0.571. The van der Waals surface area contributed by atoms with Crippen molar-refractivity contribution in [2.75, 3.05) is 26.7 Å². The molecule has 0 spiro atoms. The third-order valence-electron chi connectivity index (χ3n) is 3.21. The number of halogens is 1. The van der Waals surface area contributed by atoms with E-state index in [0.29, 0.717) is 6.54 Å². The number of hydrogen-bond donors (Lipinski definition) is 3. The van der Waals surface area contributed by atoms with Crippen LogP contribution in [-0.4, -0.2) is 32.8 Å². The second-order valence-electron chi connectivity index (χ2n) is 5.36. The van der Waals surface area contributed by atoms with Gasteiger partial charge in [0.15, 0.2) is 0 Å². The summed E-state index contributed by atoms with van der Waals surface area (Å²) >= 11 is 3.52. The highest BCUT2D eigenvalue weighted by Gasteiger charge is 2.21. The van der Waals surface area contributed by atoms with Crippen LogP contribution in [-0.2, 0) is 5.41 Å². The summed E-state index contributed by atoms with van der Waals surface area (Å²) in [5, 5.41) is 3.37. The van der Waals surface area contributed by atoms with Gasteiger partial charge in [-0.25, -0.2) is 0 Å². The molecule has 0 aliphatic rings. The Hall–Kier alpha value is -0.620. The molecule has 0 aliphatic carbocycles. The monoisotopic (exact) mass is 329 g/mol. The zero-order valence-corrected chi connectivity index (χ0v) is 13.5. The molecular formula is C14H24BrN3O. The molecule has 0 saturated heterocycles. The van der Waals surface area contributed by atoms with E-state index in [-0.39, 0.29) is 11.5 Å². The van der Waals surface area contributed by atoms with E-state index in [2.05, 4.69) is 47.2 Å². The highest BCUT2D eigenvalue weighted by atomic mass is 79.9. The van der Waals surface area contributed by atoms with E-state index in [9.17, 15) is 0 Å². The lowest BCUT2D eigenvalue weighted by atomic mass is 9.84. The van der Waals surface area contributed by atoms with E-state index in [1.807, 2.05) is 6.07 Å².